The number of amides is 1. The molecule has 2 N–H and O–H groups in total. The van der Waals surface area contributed by atoms with Gasteiger partial charge in [-0.25, -0.2) is 9.37 Å². The van der Waals surface area contributed by atoms with Crippen LogP contribution in [0.3, 0.4) is 0 Å². The van der Waals surface area contributed by atoms with Gasteiger partial charge in [-0.3, -0.25) is 4.79 Å². The van der Waals surface area contributed by atoms with Crippen LogP contribution in [-0.2, 0) is 0 Å². The molecule has 0 aliphatic rings. The lowest BCUT2D eigenvalue weighted by Crippen LogP contribution is -2.12. The Hall–Kier alpha value is -3.67. The Morgan fingerprint density at radius 2 is 1.96 bits per heavy atom. The van der Waals surface area contributed by atoms with Crippen molar-refractivity contribution in [2.24, 2.45) is 0 Å². The standard InChI is InChI=1S/C21H15FN2O3/c1-12-5-8-19-17(9-12)24-21(27-19)16-11-15(6-7-18(16)25)23-20(26)13-3-2-4-14(22)10-13/h2-11,25H,1H3,(H,23,26). The lowest BCUT2D eigenvalue weighted by atomic mass is 10.1. The minimum atomic E-state index is -0.490. The number of carbonyl (C=O) groups excluding carboxylic acids is 1. The molecule has 1 amide bonds. The van der Waals surface area contributed by atoms with Gasteiger partial charge in [-0.05, 0) is 61.0 Å². The minimum Gasteiger partial charge on any atom is -0.507 e. The third-order valence-electron chi connectivity index (χ3n) is 4.11. The molecule has 0 atom stereocenters. The van der Waals surface area contributed by atoms with Gasteiger partial charge in [0.2, 0.25) is 5.89 Å². The molecule has 27 heavy (non-hydrogen) atoms. The molecule has 0 saturated carbocycles. The molecule has 1 aromatic heterocycles. The summed E-state index contributed by atoms with van der Waals surface area (Å²) >= 11 is 0. The van der Waals surface area contributed by atoms with Gasteiger partial charge in [0.1, 0.15) is 17.1 Å². The summed E-state index contributed by atoms with van der Waals surface area (Å²) in [5, 5.41) is 12.9. The molecule has 0 unspecified atom stereocenters. The van der Waals surface area contributed by atoms with Crippen molar-refractivity contribution in [2.45, 2.75) is 6.92 Å². The highest BCUT2D eigenvalue weighted by Gasteiger charge is 2.15. The minimum absolute atomic E-state index is 0.0259. The van der Waals surface area contributed by atoms with E-state index in [-0.39, 0.29) is 17.2 Å². The first-order valence-electron chi connectivity index (χ1n) is 8.27. The van der Waals surface area contributed by atoms with E-state index in [0.29, 0.717) is 22.4 Å². The van der Waals surface area contributed by atoms with Gasteiger partial charge < -0.3 is 14.8 Å². The Bertz CT molecular complexity index is 1170. The maximum Gasteiger partial charge on any atom is 0.255 e. The predicted molar refractivity (Wildman–Crippen MR) is 100 cm³/mol. The number of nitrogens with one attached hydrogen (secondary N) is 1. The van der Waals surface area contributed by atoms with Gasteiger partial charge in [0.25, 0.3) is 5.91 Å². The topological polar surface area (TPSA) is 75.4 Å². The van der Waals surface area contributed by atoms with Crippen molar-refractivity contribution < 1.29 is 18.7 Å². The molecular weight excluding hydrogens is 347 g/mol. The van der Waals surface area contributed by atoms with E-state index in [9.17, 15) is 14.3 Å². The van der Waals surface area contributed by atoms with Crippen LogP contribution in [0.25, 0.3) is 22.6 Å². The van der Waals surface area contributed by atoms with E-state index in [4.69, 9.17) is 4.42 Å². The smallest absolute Gasteiger partial charge is 0.255 e. The molecule has 0 bridgehead atoms. The van der Waals surface area contributed by atoms with E-state index in [1.807, 2.05) is 25.1 Å². The van der Waals surface area contributed by atoms with E-state index in [1.165, 1.54) is 24.3 Å². The third-order valence-corrected chi connectivity index (χ3v) is 4.11. The molecule has 0 spiro atoms. The van der Waals surface area contributed by atoms with Crippen molar-refractivity contribution in [3.63, 3.8) is 0 Å². The maximum absolute atomic E-state index is 13.3. The lowest BCUT2D eigenvalue weighted by Gasteiger charge is -2.08. The number of phenolic OH excluding ortho intramolecular Hbond substituents is 1. The van der Waals surface area contributed by atoms with Crippen LogP contribution in [0.4, 0.5) is 10.1 Å². The van der Waals surface area contributed by atoms with E-state index >= 15 is 0 Å². The lowest BCUT2D eigenvalue weighted by molar-refractivity contribution is 0.102. The van der Waals surface area contributed by atoms with Gasteiger partial charge in [0.05, 0.1) is 5.56 Å². The quantitative estimate of drug-likeness (QED) is 0.508. The number of carbonyl (C=O) groups is 1. The number of benzene rings is 3. The number of fused-ring (bicyclic) bond motifs is 1. The van der Waals surface area contributed by atoms with Crippen molar-refractivity contribution in [3.8, 4) is 17.2 Å². The molecule has 0 aliphatic heterocycles. The van der Waals surface area contributed by atoms with Crippen LogP contribution in [0.2, 0.25) is 0 Å². The molecular formula is C21H15FN2O3. The average Bonchev–Trinajstić information content (AvgIpc) is 3.06. The van der Waals surface area contributed by atoms with Crippen molar-refractivity contribution >= 4 is 22.7 Å². The fraction of sp³-hybridized carbons (Fsp3) is 0.0476. The first-order chi connectivity index (χ1) is 13.0. The number of anilines is 1. The highest BCUT2D eigenvalue weighted by atomic mass is 19.1. The molecule has 134 valence electrons. The van der Waals surface area contributed by atoms with E-state index in [0.717, 1.165) is 11.6 Å². The second kappa shape index (κ2) is 6.57. The summed E-state index contributed by atoms with van der Waals surface area (Å²) in [7, 11) is 0. The molecule has 1 heterocycles. The van der Waals surface area contributed by atoms with E-state index in [1.54, 1.807) is 12.1 Å². The summed E-state index contributed by atoms with van der Waals surface area (Å²) in [6, 6.07) is 15.6. The Balaban J connectivity index is 1.67. The van der Waals surface area contributed by atoms with E-state index in [2.05, 4.69) is 10.3 Å². The Labute approximate surface area is 154 Å². The summed E-state index contributed by atoms with van der Waals surface area (Å²) in [6.45, 7) is 1.95. The van der Waals surface area contributed by atoms with Crippen molar-refractivity contribution in [2.75, 3.05) is 5.32 Å². The first-order valence-corrected chi connectivity index (χ1v) is 8.27. The number of rotatable bonds is 3. The first kappa shape index (κ1) is 16.8. The van der Waals surface area contributed by atoms with Gasteiger partial charge >= 0.3 is 0 Å². The summed E-state index contributed by atoms with van der Waals surface area (Å²) in [5.74, 6) is -0.730. The van der Waals surface area contributed by atoms with Crippen molar-refractivity contribution in [1.82, 2.24) is 4.98 Å². The SMILES string of the molecule is Cc1ccc2oc(-c3cc(NC(=O)c4cccc(F)c4)ccc3O)nc2c1. The molecule has 0 radical (unpaired) electrons. The van der Waals surface area contributed by atoms with Crippen molar-refractivity contribution in [3.05, 3.63) is 77.6 Å². The fourth-order valence-electron chi connectivity index (χ4n) is 2.77. The largest absolute Gasteiger partial charge is 0.507 e. The highest BCUT2D eigenvalue weighted by Crippen LogP contribution is 2.33. The number of phenols is 1. The Morgan fingerprint density at radius 1 is 1.11 bits per heavy atom. The summed E-state index contributed by atoms with van der Waals surface area (Å²) in [4.78, 5) is 16.7. The zero-order valence-corrected chi connectivity index (χ0v) is 14.4. The van der Waals surface area contributed by atoms with Gasteiger partial charge in [0.15, 0.2) is 5.58 Å². The monoisotopic (exact) mass is 362 g/mol. The van der Waals surface area contributed by atoms with Gasteiger partial charge in [-0.2, -0.15) is 0 Å². The molecule has 0 aliphatic carbocycles. The highest BCUT2D eigenvalue weighted by molar-refractivity contribution is 6.04. The Morgan fingerprint density at radius 3 is 2.78 bits per heavy atom. The number of halogens is 1. The number of hydrogen-bond acceptors (Lipinski definition) is 4. The number of oxazole rings is 1. The molecule has 3 aromatic carbocycles. The number of hydrogen-bond donors (Lipinski definition) is 2. The van der Waals surface area contributed by atoms with Gasteiger partial charge in [-0.15, -0.1) is 0 Å². The van der Waals surface area contributed by atoms with Crippen LogP contribution in [0, 0.1) is 12.7 Å². The van der Waals surface area contributed by atoms with Crippen LogP contribution in [-0.4, -0.2) is 16.0 Å². The van der Waals surface area contributed by atoms with Crippen LogP contribution in [0.5, 0.6) is 5.75 Å². The average molecular weight is 362 g/mol. The van der Waals surface area contributed by atoms with E-state index < -0.39 is 11.7 Å². The molecule has 4 aromatic rings. The third kappa shape index (κ3) is 3.37. The van der Waals surface area contributed by atoms with Gasteiger partial charge in [0, 0.05) is 11.3 Å². The zero-order chi connectivity index (χ0) is 19.0. The second-order valence-electron chi connectivity index (χ2n) is 6.19. The van der Waals surface area contributed by atoms with Crippen LogP contribution in [0.15, 0.2) is 65.1 Å². The molecule has 0 saturated heterocycles. The summed E-state index contributed by atoms with van der Waals surface area (Å²) < 4.78 is 19.0. The fourth-order valence-corrected chi connectivity index (χ4v) is 2.77. The number of aromatic hydroxyl groups is 1. The van der Waals surface area contributed by atoms with Crippen molar-refractivity contribution in [1.29, 1.82) is 0 Å². The molecule has 4 rings (SSSR count). The molecule has 6 heteroatoms. The second-order valence-corrected chi connectivity index (χ2v) is 6.19. The number of nitrogens with zero attached hydrogens (tertiary/aromatic N) is 1. The Kier molecular flexibility index (Phi) is 4.08. The van der Waals surface area contributed by atoms with Crippen LogP contribution >= 0.6 is 0 Å². The van der Waals surface area contributed by atoms with Gasteiger partial charge in [-0.1, -0.05) is 12.1 Å². The summed E-state index contributed by atoms with van der Waals surface area (Å²) in [5.41, 5.74) is 3.30. The predicted octanol–water partition coefficient (Wildman–Crippen LogP) is 4.90. The molecule has 5 nitrogen and oxygen atoms in total. The number of aromatic nitrogens is 1. The maximum atomic E-state index is 13.3. The normalized spacial score (nSPS) is 10.9. The van der Waals surface area contributed by atoms with Crippen LogP contribution < -0.4 is 5.32 Å². The molecule has 0 fully saturated rings. The number of aryl methyl sites for hydroxylation is 1. The zero-order valence-electron chi connectivity index (χ0n) is 14.4. The summed E-state index contributed by atoms with van der Waals surface area (Å²) in [6.07, 6.45) is 0. The van der Waals surface area contributed by atoms with Crippen LogP contribution in [0.1, 0.15) is 15.9 Å².